The molecule has 1 aliphatic rings. The Kier molecular flexibility index (Phi) is 7.27. The molecule has 1 saturated heterocycles. The standard InChI is InChI=1S/C28H30N4O4/c1-35-23-10-8-22(9-11-23)27(34)30-28-29-24-17-20(18-31-13-15-36-16-14-31)7-12-25(24)32(28)19-26(33)21-5-3-2-4-6-21/h2-12,17,26,33H,13-16,18-19H2,1H3,(H,29,30,34)/t26-/m0/s1. The number of aliphatic hydroxyl groups is 1. The SMILES string of the molecule is COc1ccc(C(=O)Nc2nc3cc(CN4CCOCC4)ccc3n2C[C@H](O)c2ccccc2)cc1. The van der Waals surface area contributed by atoms with Gasteiger partial charge >= 0.3 is 0 Å². The van der Waals surface area contributed by atoms with Gasteiger partial charge in [-0.05, 0) is 47.5 Å². The number of aromatic nitrogens is 2. The normalized spacial score (nSPS) is 15.1. The Morgan fingerprint density at radius 1 is 1.08 bits per heavy atom. The van der Waals surface area contributed by atoms with Gasteiger partial charge in [0.05, 0.1) is 44.0 Å². The molecular formula is C28H30N4O4. The lowest BCUT2D eigenvalue weighted by molar-refractivity contribution is 0.0342. The van der Waals surface area contributed by atoms with Crippen LogP contribution in [0.2, 0.25) is 0 Å². The molecule has 1 atom stereocenters. The summed E-state index contributed by atoms with van der Waals surface area (Å²) in [5.41, 5.74) is 4.05. The quantitative estimate of drug-likeness (QED) is 0.393. The molecule has 36 heavy (non-hydrogen) atoms. The predicted molar refractivity (Wildman–Crippen MR) is 138 cm³/mol. The molecule has 0 spiro atoms. The molecule has 1 aromatic heterocycles. The smallest absolute Gasteiger partial charge is 0.257 e. The van der Waals surface area contributed by atoms with E-state index in [1.807, 2.05) is 41.0 Å². The third-order valence-electron chi connectivity index (χ3n) is 6.44. The number of nitrogens with zero attached hydrogens (tertiary/aromatic N) is 3. The van der Waals surface area contributed by atoms with Crippen molar-refractivity contribution < 1.29 is 19.4 Å². The molecule has 0 bridgehead atoms. The zero-order valence-electron chi connectivity index (χ0n) is 20.3. The molecule has 0 radical (unpaired) electrons. The summed E-state index contributed by atoms with van der Waals surface area (Å²) in [6, 6.07) is 22.5. The minimum Gasteiger partial charge on any atom is -0.497 e. The number of benzene rings is 3. The van der Waals surface area contributed by atoms with E-state index in [9.17, 15) is 9.90 Å². The molecule has 0 aliphatic carbocycles. The van der Waals surface area contributed by atoms with Gasteiger partial charge in [-0.2, -0.15) is 0 Å². The monoisotopic (exact) mass is 486 g/mol. The maximum atomic E-state index is 13.0. The number of methoxy groups -OCH3 is 1. The number of morpholine rings is 1. The first kappa shape index (κ1) is 24.0. The number of anilines is 1. The van der Waals surface area contributed by atoms with E-state index in [-0.39, 0.29) is 12.5 Å². The topological polar surface area (TPSA) is 88.9 Å². The van der Waals surface area contributed by atoms with E-state index in [1.165, 1.54) is 0 Å². The molecule has 4 aromatic rings. The first-order valence-electron chi connectivity index (χ1n) is 12.1. The molecule has 3 aromatic carbocycles. The van der Waals surface area contributed by atoms with Crippen LogP contribution in [-0.4, -0.2) is 58.9 Å². The van der Waals surface area contributed by atoms with E-state index in [0.29, 0.717) is 17.3 Å². The summed E-state index contributed by atoms with van der Waals surface area (Å²) >= 11 is 0. The number of fused-ring (bicyclic) bond motifs is 1. The number of carbonyl (C=O) groups is 1. The molecule has 2 N–H and O–H groups in total. The highest BCUT2D eigenvalue weighted by molar-refractivity contribution is 6.04. The summed E-state index contributed by atoms with van der Waals surface area (Å²) in [5.74, 6) is 0.791. The summed E-state index contributed by atoms with van der Waals surface area (Å²) in [6.45, 7) is 4.36. The van der Waals surface area contributed by atoms with Crippen LogP contribution in [0, 0.1) is 0 Å². The minimum atomic E-state index is -0.756. The second-order valence-electron chi connectivity index (χ2n) is 8.87. The third kappa shape index (κ3) is 5.41. The van der Waals surface area contributed by atoms with Crippen molar-refractivity contribution in [2.24, 2.45) is 0 Å². The predicted octanol–water partition coefficient (Wildman–Crippen LogP) is 3.86. The van der Waals surface area contributed by atoms with E-state index < -0.39 is 6.10 Å². The molecule has 1 fully saturated rings. The van der Waals surface area contributed by atoms with Crippen molar-refractivity contribution >= 4 is 22.9 Å². The molecule has 0 saturated carbocycles. The average molecular weight is 487 g/mol. The Morgan fingerprint density at radius 2 is 1.83 bits per heavy atom. The second kappa shape index (κ2) is 10.9. The van der Waals surface area contributed by atoms with Crippen LogP contribution < -0.4 is 10.1 Å². The van der Waals surface area contributed by atoms with Crippen molar-refractivity contribution in [1.29, 1.82) is 0 Å². The number of nitrogens with one attached hydrogen (secondary N) is 1. The van der Waals surface area contributed by atoms with Crippen LogP contribution in [0.1, 0.15) is 27.6 Å². The van der Waals surface area contributed by atoms with Crippen molar-refractivity contribution in [1.82, 2.24) is 14.5 Å². The van der Waals surface area contributed by atoms with Crippen LogP contribution >= 0.6 is 0 Å². The van der Waals surface area contributed by atoms with Gasteiger partial charge < -0.3 is 19.1 Å². The second-order valence-corrected chi connectivity index (χ2v) is 8.87. The summed E-state index contributed by atoms with van der Waals surface area (Å²) in [4.78, 5) is 20.2. The first-order valence-corrected chi connectivity index (χ1v) is 12.1. The van der Waals surface area contributed by atoms with E-state index >= 15 is 0 Å². The highest BCUT2D eigenvalue weighted by Gasteiger charge is 2.19. The molecule has 1 aliphatic heterocycles. The van der Waals surface area contributed by atoms with Crippen molar-refractivity contribution in [2.75, 3.05) is 38.7 Å². The van der Waals surface area contributed by atoms with Crippen LogP contribution in [0.5, 0.6) is 5.75 Å². The Labute approximate surface area is 210 Å². The van der Waals surface area contributed by atoms with Gasteiger partial charge in [0.25, 0.3) is 5.91 Å². The van der Waals surface area contributed by atoms with Gasteiger partial charge in [-0.3, -0.25) is 15.0 Å². The van der Waals surface area contributed by atoms with Gasteiger partial charge in [0.1, 0.15) is 5.75 Å². The number of hydrogen-bond donors (Lipinski definition) is 2. The summed E-state index contributed by atoms with van der Waals surface area (Å²) in [5, 5.41) is 13.9. The molecule has 2 heterocycles. The molecule has 1 amide bonds. The van der Waals surface area contributed by atoms with E-state index in [4.69, 9.17) is 14.5 Å². The number of ether oxygens (including phenoxy) is 2. The number of hydrogen-bond acceptors (Lipinski definition) is 6. The fraction of sp³-hybridized carbons (Fsp3) is 0.286. The summed E-state index contributed by atoms with van der Waals surface area (Å²) in [7, 11) is 1.59. The molecule has 5 rings (SSSR count). The van der Waals surface area contributed by atoms with Gasteiger partial charge in [0, 0.05) is 25.2 Å². The lowest BCUT2D eigenvalue weighted by Crippen LogP contribution is -2.35. The first-order chi connectivity index (χ1) is 17.6. The van der Waals surface area contributed by atoms with Crippen molar-refractivity contribution in [3.63, 3.8) is 0 Å². The molecular weight excluding hydrogens is 456 g/mol. The fourth-order valence-electron chi connectivity index (χ4n) is 4.44. The minimum absolute atomic E-state index is 0.252. The van der Waals surface area contributed by atoms with Crippen molar-refractivity contribution in [3.8, 4) is 5.75 Å². The Morgan fingerprint density at radius 3 is 2.56 bits per heavy atom. The van der Waals surface area contributed by atoms with Gasteiger partial charge in [-0.25, -0.2) is 4.98 Å². The molecule has 186 valence electrons. The number of rotatable bonds is 8. The van der Waals surface area contributed by atoms with Crippen LogP contribution in [0.4, 0.5) is 5.95 Å². The van der Waals surface area contributed by atoms with Crippen LogP contribution in [0.15, 0.2) is 72.8 Å². The van der Waals surface area contributed by atoms with Gasteiger partial charge in [0.15, 0.2) is 0 Å². The average Bonchev–Trinajstić information content (AvgIpc) is 3.25. The van der Waals surface area contributed by atoms with E-state index in [1.54, 1.807) is 31.4 Å². The highest BCUT2D eigenvalue weighted by atomic mass is 16.5. The fourth-order valence-corrected chi connectivity index (χ4v) is 4.44. The number of aliphatic hydroxyl groups excluding tert-OH is 1. The van der Waals surface area contributed by atoms with Crippen molar-refractivity contribution in [2.45, 2.75) is 19.2 Å². The molecule has 8 heteroatoms. The van der Waals surface area contributed by atoms with Crippen LogP contribution in [0.3, 0.4) is 0 Å². The van der Waals surface area contributed by atoms with Gasteiger partial charge in [-0.15, -0.1) is 0 Å². The largest absolute Gasteiger partial charge is 0.497 e. The maximum Gasteiger partial charge on any atom is 0.257 e. The maximum absolute atomic E-state index is 13.0. The van der Waals surface area contributed by atoms with Crippen LogP contribution in [-0.2, 0) is 17.8 Å². The zero-order valence-corrected chi connectivity index (χ0v) is 20.3. The highest BCUT2D eigenvalue weighted by Crippen LogP contribution is 2.26. The Hall–Kier alpha value is -3.72. The number of imidazole rings is 1. The lowest BCUT2D eigenvalue weighted by Gasteiger charge is -2.26. The zero-order chi connectivity index (χ0) is 24.9. The summed E-state index contributed by atoms with van der Waals surface area (Å²) < 4.78 is 12.5. The molecule has 0 unspecified atom stereocenters. The van der Waals surface area contributed by atoms with Gasteiger partial charge in [-0.1, -0.05) is 36.4 Å². The lowest BCUT2D eigenvalue weighted by atomic mass is 10.1. The third-order valence-corrected chi connectivity index (χ3v) is 6.44. The van der Waals surface area contributed by atoms with E-state index in [0.717, 1.165) is 55.0 Å². The van der Waals surface area contributed by atoms with Crippen LogP contribution in [0.25, 0.3) is 11.0 Å². The van der Waals surface area contributed by atoms with Gasteiger partial charge in [0.2, 0.25) is 5.95 Å². The molecule has 8 nitrogen and oxygen atoms in total. The number of amides is 1. The van der Waals surface area contributed by atoms with E-state index in [2.05, 4.69) is 22.3 Å². The Balaban J connectivity index is 1.45. The van der Waals surface area contributed by atoms with Crippen molar-refractivity contribution in [3.05, 3.63) is 89.5 Å². The Bertz CT molecular complexity index is 1310. The number of carbonyl (C=O) groups excluding carboxylic acids is 1. The summed E-state index contributed by atoms with van der Waals surface area (Å²) in [6.07, 6.45) is -0.756.